The van der Waals surface area contributed by atoms with Crippen LogP contribution in [0.4, 0.5) is 5.00 Å². The third-order valence-corrected chi connectivity index (χ3v) is 6.16. The van der Waals surface area contributed by atoms with Gasteiger partial charge in [0.2, 0.25) is 5.88 Å². The van der Waals surface area contributed by atoms with E-state index in [0.29, 0.717) is 40.7 Å². The molecule has 1 aromatic carbocycles. The van der Waals surface area contributed by atoms with E-state index in [2.05, 4.69) is 10.6 Å². The number of nitrogens with one attached hydrogen (secondary N) is 2. The number of rotatable bonds is 4. The van der Waals surface area contributed by atoms with Crippen LogP contribution in [0.25, 0.3) is 10.8 Å². The highest BCUT2D eigenvalue weighted by atomic mass is 32.1. The predicted molar refractivity (Wildman–Crippen MR) is 107 cm³/mol. The van der Waals surface area contributed by atoms with Crippen molar-refractivity contribution < 1.29 is 34.8 Å². The van der Waals surface area contributed by atoms with E-state index < -0.39 is 17.8 Å². The lowest BCUT2D eigenvalue weighted by Gasteiger charge is -2.25. The smallest absolute Gasteiger partial charge is 0.394 e. The van der Waals surface area contributed by atoms with Crippen LogP contribution >= 0.6 is 11.3 Å². The second-order valence-electron chi connectivity index (χ2n) is 6.90. The van der Waals surface area contributed by atoms with E-state index in [9.17, 15) is 29.7 Å². The summed E-state index contributed by atoms with van der Waals surface area (Å²) in [4.78, 5) is 34.8. The number of phenols is 1. The van der Waals surface area contributed by atoms with Crippen molar-refractivity contribution in [3.8, 4) is 11.6 Å². The summed E-state index contributed by atoms with van der Waals surface area (Å²) in [6, 6.07) is 4.68. The van der Waals surface area contributed by atoms with Crippen molar-refractivity contribution in [3.63, 3.8) is 0 Å². The Kier molecular flexibility index (Phi) is 4.84. The molecule has 1 amide bonds. The molecule has 1 atom stereocenters. The van der Waals surface area contributed by atoms with Crippen molar-refractivity contribution in [3.05, 3.63) is 40.4 Å². The maximum atomic E-state index is 11.8. The number of anilines is 1. The highest BCUT2D eigenvalue weighted by molar-refractivity contribution is 7.17. The number of hydrogen-bond donors (Lipinski definition) is 6. The molecule has 2 aromatic heterocycles. The molecule has 4 rings (SSSR count). The first kappa shape index (κ1) is 19.7. The molecule has 6 N–H and O–H groups in total. The van der Waals surface area contributed by atoms with Crippen molar-refractivity contribution in [2.45, 2.75) is 25.6 Å². The molecular weight excluding hydrogens is 414 g/mol. The van der Waals surface area contributed by atoms with Gasteiger partial charge >= 0.3 is 17.8 Å². The zero-order chi connectivity index (χ0) is 21.6. The molecule has 0 spiro atoms. The lowest BCUT2D eigenvalue weighted by atomic mass is 9.98. The van der Waals surface area contributed by atoms with Crippen LogP contribution in [0.3, 0.4) is 0 Å². The summed E-state index contributed by atoms with van der Waals surface area (Å²) in [5.41, 5.74) is 0.409. The van der Waals surface area contributed by atoms with Gasteiger partial charge in [-0.2, -0.15) is 0 Å². The summed E-state index contributed by atoms with van der Waals surface area (Å²) in [5.74, 6) is -4.38. The van der Waals surface area contributed by atoms with E-state index in [0.717, 1.165) is 11.3 Å². The first-order valence-corrected chi connectivity index (χ1v) is 9.73. The standard InChI is InChI=1S/C19H17N3O7S/c23-11-3-1-2-8-6-22(17(25)13(8)11)7-9-4-10-12(5-20-9)30-16(14(10)18(26)27)21-15(24)19(28)29/h1-3,6,9,20,23,25H,4-5,7H2,(H,21,24)(H,26,27)(H,28,29). The van der Waals surface area contributed by atoms with E-state index in [-0.39, 0.29) is 28.2 Å². The molecule has 1 aliphatic rings. The van der Waals surface area contributed by atoms with Crippen LogP contribution in [0, 0.1) is 0 Å². The minimum atomic E-state index is -1.70. The number of fused-ring (bicyclic) bond motifs is 2. The Bertz CT molecular complexity index is 1200. The Labute approximate surface area is 173 Å². The number of amides is 1. The van der Waals surface area contributed by atoms with Gasteiger partial charge < -0.3 is 35.6 Å². The number of phenolic OH excluding ortho intramolecular Hbond substituents is 1. The first-order valence-electron chi connectivity index (χ1n) is 8.91. The molecule has 0 radical (unpaired) electrons. The summed E-state index contributed by atoms with van der Waals surface area (Å²) < 4.78 is 1.58. The number of aromatic carboxylic acids is 1. The maximum Gasteiger partial charge on any atom is 0.394 e. The molecule has 3 aromatic rings. The molecule has 30 heavy (non-hydrogen) atoms. The monoisotopic (exact) mass is 431 g/mol. The van der Waals surface area contributed by atoms with Gasteiger partial charge in [-0.15, -0.1) is 11.3 Å². The lowest BCUT2D eigenvalue weighted by Crippen LogP contribution is -2.38. The number of carboxylic acids is 2. The molecule has 0 fully saturated rings. The molecule has 156 valence electrons. The van der Waals surface area contributed by atoms with Crippen molar-refractivity contribution in [1.82, 2.24) is 9.88 Å². The molecule has 3 heterocycles. The van der Waals surface area contributed by atoms with Gasteiger partial charge in [-0.1, -0.05) is 12.1 Å². The van der Waals surface area contributed by atoms with Gasteiger partial charge in [-0.05, 0) is 18.1 Å². The van der Waals surface area contributed by atoms with Gasteiger partial charge in [0.05, 0.1) is 10.9 Å². The van der Waals surface area contributed by atoms with Crippen molar-refractivity contribution in [2.24, 2.45) is 0 Å². The summed E-state index contributed by atoms with van der Waals surface area (Å²) >= 11 is 1.03. The van der Waals surface area contributed by atoms with E-state index in [4.69, 9.17) is 5.11 Å². The Hall–Kier alpha value is -3.57. The number of carbonyl (C=O) groups excluding carboxylic acids is 1. The van der Waals surface area contributed by atoms with Gasteiger partial charge in [0.15, 0.2) is 0 Å². The minimum Gasteiger partial charge on any atom is -0.507 e. The van der Waals surface area contributed by atoms with Gasteiger partial charge in [0.1, 0.15) is 10.8 Å². The summed E-state index contributed by atoms with van der Waals surface area (Å²) in [6.07, 6.45) is 2.00. The quantitative estimate of drug-likeness (QED) is 0.339. The molecule has 0 saturated carbocycles. The van der Waals surface area contributed by atoms with Crippen LogP contribution in [-0.2, 0) is 29.1 Å². The third-order valence-electron chi connectivity index (χ3n) is 5.01. The van der Waals surface area contributed by atoms with Gasteiger partial charge in [-0.3, -0.25) is 4.79 Å². The minimum absolute atomic E-state index is 0.0122. The number of hydrogen-bond acceptors (Lipinski definition) is 7. The highest BCUT2D eigenvalue weighted by Crippen LogP contribution is 2.38. The maximum absolute atomic E-state index is 11.8. The number of thiophene rings is 1. The zero-order valence-electron chi connectivity index (χ0n) is 15.4. The number of benzene rings is 1. The van der Waals surface area contributed by atoms with Gasteiger partial charge in [-0.25, -0.2) is 9.59 Å². The van der Waals surface area contributed by atoms with Crippen LogP contribution in [-0.4, -0.2) is 48.9 Å². The Morgan fingerprint density at radius 2 is 2.00 bits per heavy atom. The Morgan fingerprint density at radius 3 is 2.67 bits per heavy atom. The molecule has 0 saturated heterocycles. The van der Waals surface area contributed by atoms with Gasteiger partial charge in [0, 0.05) is 35.6 Å². The van der Waals surface area contributed by atoms with E-state index in [1.165, 1.54) is 6.07 Å². The molecule has 1 aliphatic heterocycles. The lowest BCUT2D eigenvalue weighted by molar-refractivity contribution is -0.147. The highest BCUT2D eigenvalue weighted by Gasteiger charge is 2.30. The summed E-state index contributed by atoms with van der Waals surface area (Å²) in [7, 11) is 0. The average molecular weight is 431 g/mol. The molecule has 10 nitrogen and oxygen atoms in total. The van der Waals surface area contributed by atoms with Crippen LogP contribution in [0.1, 0.15) is 20.8 Å². The predicted octanol–water partition coefficient (Wildman–Crippen LogP) is 1.55. The van der Waals surface area contributed by atoms with Crippen LogP contribution in [0.2, 0.25) is 0 Å². The van der Waals surface area contributed by atoms with Gasteiger partial charge in [0.25, 0.3) is 0 Å². The fourth-order valence-electron chi connectivity index (χ4n) is 3.68. The topological polar surface area (TPSA) is 161 Å². The summed E-state index contributed by atoms with van der Waals surface area (Å²) in [6.45, 7) is 0.645. The van der Waals surface area contributed by atoms with E-state index >= 15 is 0 Å². The van der Waals surface area contributed by atoms with Crippen molar-refractivity contribution in [1.29, 1.82) is 0 Å². The first-order chi connectivity index (χ1) is 14.3. The van der Waals surface area contributed by atoms with Crippen LogP contribution < -0.4 is 10.6 Å². The third kappa shape index (κ3) is 3.33. The summed E-state index contributed by atoms with van der Waals surface area (Å²) in [5, 5.41) is 45.3. The van der Waals surface area contributed by atoms with E-state index in [1.807, 2.05) is 0 Å². The van der Waals surface area contributed by atoms with Crippen LogP contribution in [0.15, 0.2) is 24.4 Å². The van der Waals surface area contributed by atoms with E-state index in [1.54, 1.807) is 22.9 Å². The fraction of sp³-hybridized carbons (Fsp3) is 0.211. The zero-order valence-corrected chi connectivity index (χ0v) is 16.2. The second-order valence-corrected chi connectivity index (χ2v) is 8.01. The molecule has 0 bridgehead atoms. The Morgan fingerprint density at radius 1 is 1.23 bits per heavy atom. The number of carbonyl (C=O) groups is 3. The second kappa shape index (κ2) is 7.35. The van der Waals surface area contributed by atoms with Crippen LogP contribution in [0.5, 0.6) is 11.6 Å². The molecular formula is C19H17N3O7S. The number of aromatic hydroxyl groups is 2. The largest absolute Gasteiger partial charge is 0.507 e. The number of nitrogens with zero attached hydrogens (tertiary/aromatic N) is 1. The van der Waals surface area contributed by atoms with Crippen molar-refractivity contribution in [2.75, 3.05) is 5.32 Å². The number of aliphatic carboxylic acids is 1. The Balaban J connectivity index is 1.62. The molecule has 1 unspecified atom stereocenters. The molecule has 11 heteroatoms. The fourth-order valence-corrected chi connectivity index (χ4v) is 4.85. The SMILES string of the molecule is O=C(O)C(=O)Nc1sc2c(c1C(=O)O)CC(Cn1cc3cccc(O)c3c1O)NC2. The number of carboxylic acid groups (broad SMARTS) is 2. The van der Waals surface area contributed by atoms with Crippen molar-refractivity contribution >= 4 is 45.0 Å². The number of aromatic nitrogens is 1. The average Bonchev–Trinajstić information content (AvgIpc) is 3.19. The normalized spacial score (nSPS) is 15.7. The molecule has 0 aliphatic carbocycles.